The number of likely N-dealkylation sites (N-methyl/N-ethyl adjacent to an activating group) is 1. The highest BCUT2D eigenvalue weighted by Crippen LogP contribution is 2.67. The van der Waals surface area contributed by atoms with E-state index < -0.39 is 0 Å². The number of anilines is 1. The molecule has 2 heteroatoms. The van der Waals surface area contributed by atoms with Gasteiger partial charge in [-0.25, -0.2) is 0 Å². The van der Waals surface area contributed by atoms with E-state index in [4.69, 9.17) is 0 Å². The number of fused-ring (bicyclic) bond motifs is 1. The van der Waals surface area contributed by atoms with Crippen LogP contribution in [0.4, 0.5) is 5.69 Å². The third-order valence-electron chi connectivity index (χ3n) is 8.67. The smallest absolute Gasteiger partial charge is 0.0428 e. The predicted molar refractivity (Wildman–Crippen MR) is 105 cm³/mol. The topological polar surface area (TPSA) is 6.48 Å². The molecule has 5 unspecified atom stereocenters. The lowest BCUT2D eigenvalue weighted by Gasteiger charge is -2.62. The Morgan fingerprint density at radius 3 is 2.80 bits per heavy atom. The third-order valence-corrected chi connectivity index (χ3v) is 8.67. The van der Waals surface area contributed by atoms with Gasteiger partial charge >= 0.3 is 0 Å². The number of nitrogens with zero attached hydrogens (tertiary/aromatic N) is 2. The average molecular weight is 337 g/mol. The maximum absolute atomic E-state index is 2.82. The van der Waals surface area contributed by atoms with E-state index in [1.807, 2.05) is 0 Å². The van der Waals surface area contributed by atoms with Crippen molar-refractivity contribution in [2.45, 2.75) is 58.0 Å². The minimum atomic E-state index is 0.310. The van der Waals surface area contributed by atoms with Crippen LogP contribution in [0.25, 0.3) is 0 Å². The molecule has 6 atom stereocenters. The Morgan fingerprint density at radius 1 is 1.24 bits per heavy atom. The standard InChI is InChI=1S/C23H32N2/c1-6-22-10-7-12-25-13-11-23(21(22)25)18-9-8-15(2)14-19(18)24(5)20(23)16(3)17(22)4/h7-10,14,16-17,20-21H,6,11-13H2,1-5H3/t16?,17?,20?,21?,22-,23?/m0/s1. The van der Waals surface area contributed by atoms with Crippen LogP contribution in [0.3, 0.4) is 0 Å². The molecule has 4 aliphatic rings. The van der Waals surface area contributed by atoms with E-state index in [1.165, 1.54) is 30.6 Å². The molecule has 1 spiro atoms. The van der Waals surface area contributed by atoms with Crippen LogP contribution in [0.5, 0.6) is 0 Å². The molecule has 0 radical (unpaired) electrons. The van der Waals surface area contributed by atoms with Gasteiger partial charge in [0.15, 0.2) is 0 Å². The van der Waals surface area contributed by atoms with Crippen LogP contribution in [-0.4, -0.2) is 37.1 Å². The van der Waals surface area contributed by atoms with Crippen molar-refractivity contribution in [1.82, 2.24) is 4.90 Å². The molecule has 1 saturated carbocycles. The van der Waals surface area contributed by atoms with E-state index in [9.17, 15) is 0 Å². The summed E-state index contributed by atoms with van der Waals surface area (Å²) < 4.78 is 0. The van der Waals surface area contributed by atoms with E-state index in [0.717, 1.165) is 12.5 Å². The average Bonchev–Trinajstić information content (AvgIpc) is 3.11. The Morgan fingerprint density at radius 2 is 2.04 bits per heavy atom. The van der Waals surface area contributed by atoms with Gasteiger partial charge in [0.25, 0.3) is 0 Å². The largest absolute Gasteiger partial charge is 0.370 e. The fourth-order valence-electron chi connectivity index (χ4n) is 7.63. The Hall–Kier alpha value is -1.28. The molecular formula is C23H32N2. The molecule has 0 amide bonds. The lowest BCUT2D eigenvalue weighted by atomic mass is 9.47. The highest BCUT2D eigenvalue weighted by atomic mass is 15.3. The molecule has 3 heterocycles. The molecule has 1 saturated heterocycles. The van der Waals surface area contributed by atoms with Crippen molar-refractivity contribution in [1.29, 1.82) is 0 Å². The summed E-state index contributed by atoms with van der Waals surface area (Å²) in [5, 5.41) is 0. The third kappa shape index (κ3) is 1.61. The molecule has 3 aliphatic heterocycles. The SMILES string of the molecule is CC[C@]12C=CCN3CCC4(c5ccc(C)cc5N(C)C4C(C)C1C)C32. The first-order valence-corrected chi connectivity index (χ1v) is 10.2. The summed E-state index contributed by atoms with van der Waals surface area (Å²) in [5.41, 5.74) is 5.18. The normalized spacial score (nSPS) is 44.6. The molecule has 1 aromatic rings. The van der Waals surface area contributed by atoms with Gasteiger partial charge in [-0.3, -0.25) is 4.90 Å². The van der Waals surface area contributed by atoms with E-state index >= 15 is 0 Å². The molecule has 0 bridgehead atoms. The number of rotatable bonds is 1. The van der Waals surface area contributed by atoms with Gasteiger partial charge in [-0.05, 0) is 55.3 Å². The summed E-state index contributed by atoms with van der Waals surface area (Å²) in [4.78, 5) is 5.48. The van der Waals surface area contributed by atoms with Gasteiger partial charge in [-0.1, -0.05) is 45.1 Å². The van der Waals surface area contributed by atoms with E-state index in [1.54, 1.807) is 5.56 Å². The fraction of sp³-hybridized carbons (Fsp3) is 0.652. The number of aryl methyl sites for hydroxylation is 1. The monoisotopic (exact) mass is 336 g/mol. The molecule has 2 fully saturated rings. The van der Waals surface area contributed by atoms with Crippen molar-refractivity contribution in [3.8, 4) is 0 Å². The Labute approximate surface area is 152 Å². The molecule has 0 N–H and O–H groups in total. The van der Waals surface area contributed by atoms with E-state index in [-0.39, 0.29) is 0 Å². The van der Waals surface area contributed by atoms with E-state index in [0.29, 0.717) is 28.8 Å². The van der Waals surface area contributed by atoms with Crippen LogP contribution < -0.4 is 4.90 Å². The second-order valence-electron chi connectivity index (χ2n) is 9.28. The van der Waals surface area contributed by atoms with E-state index in [2.05, 4.69) is 74.9 Å². The van der Waals surface area contributed by atoms with Crippen molar-refractivity contribution >= 4 is 5.69 Å². The van der Waals surface area contributed by atoms with Crippen LogP contribution in [0, 0.1) is 24.2 Å². The van der Waals surface area contributed by atoms with Crippen LogP contribution in [0.15, 0.2) is 30.4 Å². The summed E-state index contributed by atoms with van der Waals surface area (Å²) in [5.74, 6) is 1.42. The van der Waals surface area contributed by atoms with Crippen LogP contribution in [0.2, 0.25) is 0 Å². The molecule has 25 heavy (non-hydrogen) atoms. The summed E-state index contributed by atoms with van der Waals surface area (Å²) in [6.07, 6.45) is 7.68. The van der Waals surface area contributed by atoms with Crippen LogP contribution in [-0.2, 0) is 5.41 Å². The fourth-order valence-corrected chi connectivity index (χ4v) is 7.63. The molecule has 1 aromatic carbocycles. The second-order valence-corrected chi connectivity index (χ2v) is 9.28. The molecular weight excluding hydrogens is 304 g/mol. The van der Waals surface area contributed by atoms with Gasteiger partial charge in [0, 0.05) is 42.2 Å². The van der Waals surface area contributed by atoms with Crippen molar-refractivity contribution in [3.63, 3.8) is 0 Å². The van der Waals surface area contributed by atoms with Crippen molar-refractivity contribution in [3.05, 3.63) is 41.5 Å². The van der Waals surface area contributed by atoms with Crippen molar-refractivity contribution < 1.29 is 0 Å². The van der Waals surface area contributed by atoms with Gasteiger partial charge in [-0.2, -0.15) is 0 Å². The quantitative estimate of drug-likeness (QED) is 0.702. The number of hydrogen-bond acceptors (Lipinski definition) is 2. The highest BCUT2D eigenvalue weighted by Gasteiger charge is 2.70. The Balaban J connectivity index is 1.81. The molecule has 1 aliphatic carbocycles. The zero-order valence-electron chi connectivity index (χ0n) is 16.4. The first kappa shape index (κ1) is 15.9. The highest BCUT2D eigenvalue weighted by molar-refractivity contribution is 5.68. The maximum atomic E-state index is 2.82. The Kier molecular flexibility index (Phi) is 3.13. The summed E-state index contributed by atoms with van der Waals surface area (Å²) in [7, 11) is 2.36. The van der Waals surface area contributed by atoms with Crippen molar-refractivity contribution in [2.75, 3.05) is 25.0 Å². The van der Waals surface area contributed by atoms with Crippen LogP contribution in [0.1, 0.15) is 44.7 Å². The lowest BCUT2D eigenvalue weighted by Crippen LogP contribution is -2.68. The molecule has 2 nitrogen and oxygen atoms in total. The van der Waals surface area contributed by atoms with Crippen LogP contribution >= 0.6 is 0 Å². The maximum Gasteiger partial charge on any atom is 0.0428 e. The summed E-state index contributed by atoms with van der Waals surface area (Å²) >= 11 is 0. The minimum absolute atomic E-state index is 0.310. The summed E-state index contributed by atoms with van der Waals surface area (Å²) in [6.45, 7) is 12.1. The van der Waals surface area contributed by atoms with Gasteiger partial charge < -0.3 is 4.90 Å². The predicted octanol–water partition coefficient (Wildman–Crippen LogP) is 4.38. The Bertz CT molecular complexity index is 752. The number of benzene rings is 1. The first-order chi connectivity index (χ1) is 12.0. The van der Waals surface area contributed by atoms with Crippen molar-refractivity contribution in [2.24, 2.45) is 17.3 Å². The first-order valence-electron chi connectivity index (χ1n) is 10.2. The molecule has 0 aromatic heterocycles. The van der Waals surface area contributed by atoms with Gasteiger partial charge in [0.2, 0.25) is 0 Å². The van der Waals surface area contributed by atoms with Gasteiger partial charge in [0.05, 0.1) is 0 Å². The molecule has 134 valence electrons. The van der Waals surface area contributed by atoms with Gasteiger partial charge in [0.1, 0.15) is 0 Å². The zero-order chi connectivity index (χ0) is 17.6. The molecule has 5 rings (SSSR count). The second kappa shape index (κ2) is 4.91. The minimum Gasteiger partial charge on any atom is -0.370 e. The summed E-state index contributed by atoms with van der Waals surface area (Å²) in [6, 6.07) is 8.57. The lowest BCUT2D eigenvalue weighted by molar-refractivity contribution is -0.0401. The number of hydrogen-bond donors (Lipinski definition) is 0. The zero-order valence-corrected chi connectivity index (χ0v) is 16.4. The van der Waals surface area contributed by atoms with Gasteiger partial charge in [-0.15, -0.1) is 0 Å².